The lowest BCUT2D eigenvalue weighted by Gasteiger charge is -2.27. The number of ether oxygens (including phenoxy) is 5. The minimum atomic E-state index is -0.999. The molecule has 0 N–H and O–H groups in total. The van der Waals surface area contributed by atoms with E-state index < -0.39 is 47.4 Å². The van der Waals surface area contributed by atoms with Crippen LogP contribution < -0.4 is 0 Å². The first kappa shape index (κ1) is 45.5. The summed E-state index contributed by atoms with van der Waals surface area (Å²) in [5.74, 6) is -2.37. The Labute approximate surface area is 337 Å². The van der Waals surface area contributed by atoms with E-state index in [-0.39, 0.29) is 63.3 Å². The fourth-order valence-corrected chi connectivity index (χ4v) is 6.19. The second kappa shape index (κ2) is 24.6. The third kappa shape index (κ3) is 16.4. The molecule has 0 radical (unpaired) electrons. The maximum Gasteiger partial charge on any atom is 0.307 e. The van der Waals surface area contributed by atoms with E-state index in [1.165, 1.54) is 0 Å². The largest absolute Gasteiger partial charge is 0.462 e. The number of thiol groups is 1. The van der Waals surface area contributed by atoms with Gasteiger partial charge in [0, 0.05) is 5.25 Å². The van der Waals surface area contributed by atoms with E-state index in [1.807, 2.05) is 112 Å². The molecule has 7 unspecified atom stereocenters. The summed E-state index contributed by atoms with van der Waals surface area (Å²) in [5, 5.41) is -0.486. The number of hydrogen-bond donors (Lipinski definition) is 1. The van der Waals surface area contributed by atoms with Crippen LogP contribution in [0.15, 0.2) is 128 Å². The highest BCUT2D eigenvalue weighted by molar-refractivity contribution is 7.81. The molecule has 3 aromatic carbocycles. The Balaban J connectivity index is 1.72. The highest BCUT2D eigenvalue weighted by Crippen LogP contribution is 2.23. The van der Waals surface area contributed by atoms with E-state index >= 15 is 0 Å². The molecule has 300 valence electrons. The molecule has 0 fully saturated rings. The molecule has 3 aromatic rings. The molecule has 0 spiro atoms. The molecule has 7 atom stereocenters. The summed E-state index contributed by atoms with van der Waals surface area (Å²) in [6, 6.07) is 28.8. The van der Waals surface area contributed by atoms with Gasteiger partial charge in [0.15, 0.2) is 12.2 Å². The zero-order chi connectivity index (χ0) is 40.9. The van der Waals surface area contributed by atoms with Crippen LogP contribution in [-0.4, -0.2) is 67.3 Å². The number of hydrogen-bond acceptors (Lipinski definition) is 10. The minimum absolute atomic E-state index is 0.0640. The maximum atomic E-state index is 13.3. The summed E-state index contributed by atoms with van der Waals surface area (Å²) >= 11 is 4.51. The standard InChI is InChI=1S/C46H56O9S/c1-7-18-36(8-2)42(56)28-44(48)52-30-40(54-45(49)26-33(4)38-21-14-10-15-22-38)29-51-35(6)41(55-46(50)27-34(5)39-23-16-11-17-24-39)31-53-43(47)25-32(3)37-19-12-9-13-20-37/h7-24,32-35,40-42,56H,1-2,25-31H2,3-6H3/b36-18+. The van der Waals surface area contributed by atoms with Gasteiger partial charge in [-0.25, -0.2) is 0 Å². The lowest BCUT2D eigenvalue weighted by Crippen LogP contribution is -2.39. The van der Waals surface area contributed by atoms with Crippen LogP contribution in [0.5, 0.6) is 0 Å². The van der Waals surface area contributed by atoms with Crippen molar-refractivity contribution in [1.82, 2.24) is 0 Å². The molecule has 0 amide bonds. The number of benzene rings is 3. The molecular weight excluding hydrogens is 729 g/mol. The molecule has 0 bridgehead atoms. The van der Waals surface area contributed by atoms with E-state index in [4.69, 9.17) is 23.7 Å². The summed E-state index contributed by atoms with van der Waals surface area (Å²) in [4.78, 5) is 52.3. The molecule has 0 aromatic heterocycles. The highest BCUT2D eigenvalue weighted by atomic mass is 32.1. The Morgan fingerprint density at radius 3 is 1.48 bits per heavy atom. The Hall–Kier alpha value is -4.93. The predicted octanol–water partition coefficient (Wildman–Crippen LogP) is 8.87. The number of allylic oxidation sites excluding steroid dienone is 3. The van der Waals surface area contributed by atoms with E-state index in [0.29, 0.717) is 5.57 Å². The fourth-order valence-electron chi connectivity index (χ4n) is 5.85. The number of esters is 4. The van der Waals surface area contributed by atoms with Crippen molar-refractivity contribution in [3.8, 4) is 0 Å². The first-order chi connectivity index (χ1) is 26.9. The summed E-state index contributed by atoms with van der Waals surface area (Å²) in [5.41, 5.74) is 3.65. The zero-order valence-corrected chi connectivity index (χ0v) is 33.8. The molecule has 0 aliphatic rings. The number of carbonyl (C=O) groups is 4. The van der Waals surface area contributed by atoms with Gasteiger partial charge in [-0.15, -0.1) is 0 Å². The summed E-state index contributed by atoms with van der Waals surface area (Å²) in [6.07, 6.45) is 2.30. The highest BCUT2D eigenvalue weighted by Gasteiger charge is 2.29. The van der Waals surface area contributed by atoms with Gasteiger partial charge >= 0.3 is 23.9 Å². The molecule has 0 saturated carbocycles. The first-order valence-corrected chi connectivity index (χ1v) is 19.5. The summed E-state index contributed by atoms with van der Waals surface area (Å²) in [7, 11) is 0. The van der Waals surface area contributed by atoms with Gasteiger partial charge in [-0.2, -0.15) is 12.6 Å². The SMILES string of the molecule is C=C/C=C(\C=C)C(S)CC(=O)OCC(COC(C)C(COC(=O)CC(C)c1ccccc1)OC(=O)CC(C)c1ccccc1)OC(=O)CC(C)c1ccccc1. The van der Waals surface area contributed by atoms with Crippen LogP contribution in [0.4, 0.5) is 0 Å². The molecule has 3 rings (SSSR count). The molecule has 56 heavy (non-hydrogen) atoms. The topological polar surface area (TPSA) is 114 Å². The van der Waals surface area contributed by atoms with Crippen molar-refractivity contribution in [3.05, 3.63) is 145 Å². The second-order valence-electron chi connectivity index (χ2n) is 13.9. The normalized spacial score (nSPS) is 15.1. The Kier molecular flexibility index (Phi) is 19.9. The monoisotopic (exact) mass is 784 g/mol. The average Bonchev–Trinajstić information content (AvgIpc) is 3.20. The maximum absolute atomic E-state index is 13.3. The molecule has 0 saturated heterocycles. The van der Waals surface area contributed by atoms with E-state index in [1.54, 1.807) is 25.2 Å². The molecule has 0 heterocycles. The van der Waals surface area contributed by atoms with Crippen LogP contribution in [0, 0.1) is 0 Å². The minimum Gasteiger partial charge on any atom is -0.462 e. The lowest BCUT2D eigenvalue weighted by atomic mass is 9.98. The van der Waals surface area contributed by atoms with Gasteiger partial charge in [-0.05, 0) is 46.9 Å². The molecule has 0 aliphatic carbocycles. The van der Waals surface area contributed by atoms with Crippen molar-refractivity contribution < 1.29 is 42.9 Å². The fraction of sp³-hybridized carbons (Fsp3) is 0.391. The second-order valence-corrected chi connectivity index (χ2v) is 14.5. The third-order valence-electron chi connectivity index (χ3n) is 9.30. The smallest absolute Gasteiger partial charge is 0.307 e. The zero-order valence-electron chi connectivity index (χ0n) is 32.9. The quantitative estimate of drug-likeness (QED) is 0.0412. The van der Waals surface area contributed by atoms with E-state index in [9.17, 15) is 19.2 Å². The molecule has 9 nitrogen and oxygen atoms in total. The first-order valence-electron chi connectivity index (χ1n) is 19.0. The van der Waals surface area contributed by atoms with E-state index in [0.717, 1.165) is 16.7 Å². The van der Waals surface area contributed by atoms with Gasteiger partial charge in [0.05, 0.1) is 38.4 Å². The van der Waals surface area contributed by atoms with Crippen molar-refractivity contribution in [1.29, 1.82) is 0 Å². The van der Waals surface area contributed by atoms with Crippen LogP contribution in [-0.2, 0) is 42.9 Å². The Morgan fingerprint density at radius 2 is 1.02 bits per heavy atom. The van der Waals surface area contributed by atoms with Gasteiger partial charge in [0.1, 0.15) is 13.2 Å². The Morgan fingerprint density at radius 1 is 0.589 bits per heavy atom. The van der Waals surface area contributed by atoms with Gasteiger partial charge in [-0.1, -0.05) is 143 Å². The molecule has 0 aliphatic heterocycles. The third-order valence-corrected chi connectivity index (χ3v) is 9.78. The van der Waals surface area contributed by atoms with Gasteiger partial charge < -0.3 is 23.7 Å². The summed E-state index contributed by atoms with van der Waals surface area (Å²) in [6.45, 7) is 14.1. The van der Waals surface area contributed by atoms with Gasteiger partial charge in [0.25, 0.3) is 0 Å². The number of rotatable bonds is 24. The van der Waals surface area contributed by atoms with Gasteiger partial charge in [0.2, 0.25) is 0 Å². The summed E-state index contributed by atoms with van der Waals surface area (Å²) < 4.78 is 29.0. The van der Waals surface area contributed by atoms with Gasteiger partial charge in [-0.3, -0.25) is 19.2 Å². The van der Waals surface area contributed by atoms with Crippen molar-refractivity contribution in [2.24, 2.45) is 0 Å². The average molecular weight is 785 g/mol. The predicted molar refractivity (Wildman–Crippen MR) is 221 cm³/mol. The van der Waals surface area contributed by atoms with Crippen molar-refractivity contribution >= 4 is 36.5 Å². The van der Waals surface area contributed by atoms with Crippen molar-refractivity contribution in [2.45, 2.75) is 94.7 Å². The van der Waals surface area contributed by atoms with Crippen LogP contribution in [0.1, 0.15) is 87.8 Å². The van der Waals surface area contributed by atoms with Crippen molar-refractivity contribution in [2.75, 3.05) is 19.8 Å². The van der Waals surface area contributed by atoms with Crippen LogP contribution in [0.2, 0.25) is 0 Å². The number of carbonyl (C=O) groups excluding carboxylic acids is 4. The van der Waals surface area contributed by atoms with Crippen LogP contribution >= 0.6 is 12.6 Å². The van der Waals surface area contributed by atoms with Crippen LogP contribution in [0.25, 0.3) is 0 Å². The molecular formula is C46H56O9S. The molecule has 10 heteroatoms. The lowest BCUT2D eigenvalue weighted by molar-refractivity contribution is -0.175. The van der Waals surface area contributed by atoms with Crippen LogP contribution in [0.3, 0.4) is 0 Å². The Bertz CT molecular complexity index is 1710. The van der Waals surface area contributed by atoms with Crippen molar-refractivity contribution in [3.63, 3.8) is 0 Å². The van der Waals surface area contributed by atoms with E-state index in [2.05, 4.69) is 25.8 Å².